The maximum absolute atomic E-state index is 13.3. The lowest BCUT2D eigenvalue weighted by Crippen LogP contribution is -2.55. The molecule has 1 N–H and O–H groups in total. The lowest BCUT2D eigenvalue weighted by molar-refractivity contribution is -0.139. The van der Waals surface area contributed by atoms with Gasteiger partial charge in [0.2, 0.25) is 5.91 Å². The van der Waals surface area contributed by atoms with Crippen molar-refractivity contribution < 1.29 is 38.2 Å². The standard InChI is InChI=1S/C34H43N5O8/c1-24-8-12-28(13-9-24)47-33(44)37(5)34(3,4)32(43)38(6)36-25(2)26-10-14-27(15-11-26)46-23-22-45-21-18-29(40)35-19-7-20-39-30(41)16-17-31(39)42/h8-17H,7,18-23H2,1-6H3,(H,35,40). The number of ether oxygens (including phenoxy) is 3. The molecular formula is C34H43N5O8. The van der Waals surface area contributed by atoms with Crippen molar-refractivity contribution in [1.29, 1.82) is 0 Å². The van der Waals surface area contributed by atoms with Crippen molar-refractivity contribution in [3.63, 3.8) is 0 Å². The number of hydrazone groups is 1. The number of carbonyl (C=O) groups is 5. The van der Waals surface area contributed by atoms with Gasteiger partial charge in [-0.15, -0.1) is 0 Å². The van der Waals surface area contributed by atoms with Crippen LogP contribution in [0.5, 0.6) is 11.5 Å². The predicted octanol–water partition coefficient (Wildman–Crippen LogP) is 3.30. The van der Waals surface area contributed by atoms with E-state index in [4.69, 9.17) is 14.2 Å². The molecule has 47 heavy (non-hydrogen) atoms. The van der Waals surface area contributed by atoms with Crippen LogP contribution in [-0.4, -0.2) is 103 Å². The summed E-state index contributed by atoms with van der Waals surface area (Å²) in [7, 11) is 3.04. The first-order valence-electron chi connectivity index (χ1n) is 15.3. The Morgan fingerprint density at radius 1 is 0.894 bits per heavy atom. The van der Waals surface area contributed by atoms with E-state index in [2.05, 4.69) is 10.4 Å². The monoisotopic (exact) mass is 649 g/mol. The highest BCUT2D eigenvalue weighted by molar-refractivity contribution is 6.12. The number of carbonyl (C=O) groups excluding carboxylic acids is 5. The molecule has 2 aromatic carbocycles. The van der Waals surface area contributed by atoms with Gasteiger partial charge in [-0.3, -0.25) is 29.0 Å². The number of aryl methyl sites for hydroxylation is 1. The summed E-state index contributed by atoms with van der Waals surface area (Å²) in [4.78, 5) is 63.4. The summed E-state index contributed by atoms with van der Waals surface area (Å²) in [5, 5.41) is 8.38. The molecule has 0 saturated heterocycles. The lowest BCUT2D eigenvalue weighted by atomic mass is 10.0. The van der Waals surface area contributed by atoms with Crippen LogP contribution in [0.3, 0.4) is 0 Å². The number of amides is 5. The Morgan fingerprint density at radius 2 is 1.51 bits per heavy atom. The van der Waals surface area contributed by atoms with E-state index in [1.165, 1.54) is 36.2 Å². The van der Waals surface area contributed by atoms with Crippen molar-refractivity contribution in [2.45, 2.75) is 46.1 Å². The third-order valence-electron chi connectivity index (χ3n) is 7.48. The van der Waals surface area contributed by atoms with Crippen molar-refractivity contribution in [3.8, 4) is 11.5 Å². The van der Waals surface area contributed by atoms with Gasteiger partial charge < -0.3 is 19.5 Å². The molecule has 3 rings (SSSR count). The van der Waals surface area contributed by atoms with E-state index in [1.54, 1.807) is 45.0 Å². The van der Waals surface area contributed by atoms with Crippen LogP contribution < -0.4 is 14.8 Å². The largest absolute Gasteiger partial charge is 0.491 e. The molecular weight excluding hydrogens is 606 g/mol. The van der Waals surface area contributed by atoms with Crippen LogP contribution >= 0.6 is 0 Å². The van der Waals surface area contributed by atoms with Gasteiger partial charge in [0.25, 0.3) is 17.7 Å². The van der Waals surface area contributed by atoms with Crippen molar-refractivity contribution >= 4 is 35.4 Å². The van der Waals surface area contributed by atoms with Crippen LogP contribution in [0.2, 0.25) is 0 Å². The summed E-state index contributed by atoms with van der Waals surface area (Å²) in [5.74, 6) is -0.245. The number of benzene rings is 2. The Labute approximate surface area is 275 Å². The highest BCUT2D eigenvalue weighted by Gasteiger charge is 2.38. The normalized spacial score (nSPS) is 13.1. The third-order valence-corrected chi connectivity index (χ3v) is 7.48. The maximum atomic E-state index is 13.3. The minimum absolute atomic E-state index is 0.179. The molecule has 2 aromatic rings. The summed E-state index contributed by atoms with van der Waals surface area (Å²) >= 11 is 0. The van der Waals surface area contributed by atoms with E-state index in [-0.39, 0.29) is 50.5 Å². The van der Waals surface area contributed by atoms with Crippen molar-refractivity contribution in [3.05, 3.63) is 71.8 Å². The molecule has 0 fully saturated rings. The molecule has 0 bridgehead atoms. The second-order valence-corrected chi connectivity index (χ2v) is 11.4. The maximum Gasteiger partial charge on any atom is 0.415 e. The quantitative estimate of drug-likeness (QED) is 0.126. The average molecular weight is 650 g/mol. The van der Waals surface area contributed by atoms with Crippen LogP contribution in [0, 0.1) is 6.92 Å². The van der Waals surface area contributed by atoms with Gasteiger partial charge in [-0.1, -0.05) is 17.7 Å². The Kier molecular flexibility index (Phi) is 13.2. The van der Waals surface area contributed by atoms with Crippen LogP contribution in [-0.2, 0) is 23.9 Å². The van der Waals surface area contributed by atoms with Gasteiger partial charge in [0.1, 0.15) is 23.6 Å². The predicted molar refractivity (Wildman–Crippen MR) is 175 cm³/mol. The number of imide groups is 1. The van der Waals surface area contributed by atoms with E-state index in [0.717, 1.165) is 16.0 Å². The molecule has 252 valence electrons. The Hall–Kier alpha value is -5.04. The highest BCUT2D eigenvalue weighted by atomic mass is 16.6. The molecule has 5 amide bonds. The van der Waals surface area contributed by atoms with Crippen molar-refractivity contribution in [1.82, 2.24) is 20.1 Å². The van der Waals surface area contributed by atoms with E-state index in [0.29, 0.717) is 30.2 Å². The van der Waals surface area contributed by atoms with E-state index < -0.39 is 17.5 Å². The first kappa shape index (κ1) is 36.4. The third kappa shape index (κ3) is 10.8. The van der Waals surface area contributed by atoms with Gasteiger partial charge in [-0.25, -0.2) is 9.80 Å². The molecule has 0 spiro atoms. The number of nitrogens with zero attached hydrogens (tertiary/aromatic N) is 4. The summed E-state index contributed by atoms with van der Waals surface area (Å²) in [6.07, 6.45) is 2.46. The smallest absolute Gasteiger partial charge is 0.415 e. The van der Waals surface area contributed by atoms with Crippen LogP contribution in [0.1, 0.15) is 44.7 Å². The van der Waals surface area contributed by atoms with E-state index in [9.17, 15) is 24.0 Å². The second-order valence-electron chi connectivity index (χ2n) is 11.4. The minimum Gasteiger partial charge on any atom is -0.491 e. The zero-order valence-corrected chi connectivity index (χ0v) is 27.8. The number of hydrogen-bond acceptors (Lipinski definition) is 9. The fourth-order valence-electron chi connectivity index (χ4n) is 4.35. The summed E-state index contributed by atoms with van der Waals surface area (Å²) in [6, 6.07) is 14.3. The first-order chi connectivity index (χ1) is 22.3. The molecule has 1 heterocycles. The summed E-state index contributed by atoms with van der Waals surface area (Å²) in [5.41, 5.74) is 1.17. The Balaban J connectivity index is 1.35. The van der Waals surface area contributed by atoms with Gasteiger partial charge in [-0.05, 0) is 76.1 Å². The zero-order valence-electron chi connectivity index (χ0n) is 27.8. The second kappa shape index (κ2) is 17.0. The fourth-order valence-corrected chi connectivity index (χ4v) is 4.35. The molecule has 13 heteroatoms. The van der Waals surface area contributed by atoms with Crippen LogP contribution in [0.25, 0.3) is 0 Å². The molecule has 0 radical (unpaired) electrons. The van der Waals surface area contributed by atoms with Gasteiger partial charge in [0.05, 0.1) is 18.9 Å². The van der Waals surface area contributed by atoms with Crippen molar-refractivity contribution in [2.24, 2.45) is 5.10 Å². The SMILES string of the molecule is CC(=NN(C)C(=O)C(C)(C)N(C)C(=O)Oc1ccc(C)cc1)c1ccc(OCCOCCC(=O)NCCCN2C(=O)C=CC2=O)cc1. The highest BCUT2D eigenvalue weighted by Crippen LogP contribution is 2.20. The van der Waals surface area contributed by atoms with Gasteiger partial charge >= 0.3 is 6.09 Å². The average Bonchev–Trinajstić information content (AvgIpc) is 3.37. The number of likely N-dealkylation sites (N-methyl/N-ethyl adjacent to an activating group) is 2. The topological polar surface area (TPSA) is 147 Å². The molecule has 0 aliphatic carbocycles. The van der Waals surface area contributed by atoms with E-state index >= 15 is 0 Å². The van der Waals surface area contributed by atoms with Crippen LogP contribution in [0.15, 0.2) is 65.8 Å². The number of hydrogen-bond donors (Lipinski definition) is 1. The molecule has 13 nitrogen and oxygen atoms in total. The minimum atomic E-state index is -1.24. The molecule has 0 saturated carbocycles. The fraction of sp³-hybridized carbons (Fsp3) is 0.412. The molecule has 0 unspecified atom stereocenters. The van der Waals surface area contributed by atoms with Crippen LogP contribution in [0.4, 0.5) is 4.79 Å². The number of nitrogens with one attached hydrogen (secondary N) is 1. The Bertz CT molecular complexity index is 1470. The van der Waals surface area contributed by atoms with Gasteiger partial charge in [0.15, 0.2) is 0 Å². The van der Waals surface area contributed by atoms with Gasteiger partial charge in [0, 0.05) is 45.8 Å². The lowest BCUT2D eigenvalue weighted by Gasteiger charge is -2.35. The van der Waals surface area contributed by atoms with Crippen molar-refractivity contribution in [2.75, 3.05) is 47.0 Å². The molecule has 1 aliphatic rings. The summed E-state index contributed by atoms with van der Waals surface area (Å²) < 4.78 is 16.6. The van der Waals surface area contributed by atoms with Gasteiger partial charge in [-0.2, -0.15) is 5.10 Å². The summed E-state index contributed by atoms with van der Waals surface area (Å²) in [6.45, 7) is 8.38. The molecule has 0 aromatic heterocycles. The first-order valence-corrected chi connectivity index (χ1v) is 15.3. The zero-order chi connectivity index (χ0) is 34.6. The van der Waals surface area contributed by atoms with E-state index in [1.807, 2.05) is 31.2 Å². The molecule has 1 aliphatic heterocycles. The Morgan fingerprint density at radius 3 is 2.15 bits per heavy atom. The molecule has 0 atom stereocenters. The number of rotatable bonds is 16.